The predicted octanol–water partition coefficient (Wildman–Crippen LogP) is -0.349. The zero-order valence-corrected chi connectivity index (χ0v) is 13.4. The van der Waals surface area contributed by atoms with E-state index in [9.17, 15) is 19.2 Å². The largest absolute Gasteiger partial charge is 0.349 e. The van der Waals surface area contributed by atoms with E-state index in [0.29, 0.717) is 32.3 Å². The molecule has 2 rings (SSSR count). The lowest BCUT2D eigenvalue weighted by Crippen LogP contribution is -2.46. The summed E-state index contributed by atoms with van der Waals surface area (Å²) in [6.45, 7) is 0.527. The molecule has 1 aromatic carbocycles. The quantitative estimate of drug-likeness (QED) is 0.503. The van der Waals surface area contributed by atoms with Crippen LogP contribution in [0.15, 0.2) is 30.3 Å². The first-order valence-electron chi connectivity index (χ1n) is 7.95. The van der Waals surface area contributed by atoms with Crippen LogP contribution in [0.1, 0.15) is 18.4 Å². The van der Waals surface area contributed by atoms with E-state index in [1.165, 1.54) is 4.90 Å². The lowest BCUT2D eigenvalue weighted by atomic mass is 10.1. The van der Waals surface area contributed by atoms with Crippen molar-refractivity contribution in [3.8, 4) is 0 Å². The van der Waals surface area contributed by atoms with Crippen LogP contribution in [-0.4, -0.2) is 54.6 Å². The number of carbonyl (C=O) groups excluding carboxylic acids is 4. The van der Waals surface area contributed by atoms with Crippen LogP contribution in [0.4, 0.5) is 0 Å². The molecule has 0 saturated carbocycles. The summed E-state index contributed by atoms with van der Waals surface area (Å²) in [5.41, 5.74) is 1.06. The third-order valence-electron chi connectivity index (χ3n) is 3.95. The average Bonchev–Trinajstić information content (AvgIpc) is 3.09. The third kappa shape index (κ3) is 4.91. The molecule has 128 valence electrons. The maximum Gasteiger partial charge on any atom is 0.289 e. The minimum atomic E-state index is -0.718. The molecule has 1 atom stereocenters. The van der Waals surface area contributed by atoms with Crippen molar-refractivity contribution >= 4 is 24.0 Å². The van der Waals surface area contributed by atoms with E-state index < -0.39 is 23.6 Å². The molecule has 1 aliphatic heterocycles. The van der Waals surface area contributed by atoms with Gasteiger partial charge in [0.25, 0.3) is 5.91 Å². The van der Waals surface area contributed by atoms with Crippen molar-refractivity contribution in [2.24, 2.45) is 0 Å². The van der Waals surface area contributed by atoms with E-state index in [1.807, 2.05) is 30.3 Å². The Balaban J connectivity index is 1.69. The van der Waals surface area contributed by atoms with Gasteiger partial charge < -0.3 is 15.5 Å². The summed E-state index contributed by atoms with van der Waals surface area (Å²) in [5.74, 6) is -1.82. The number of ketones is 1. The number of nitrogens with one attached hydrogen (secondary N) is 2. The van der Waals surface area contributed by atoms with Gasteiger partial charge in [0.2, 0.25) is 18.1 Å². The molecule has 3 amide bonds. The van der Waals surface area contributed by atoms with Crippen LogP contribution in [0.2, 0.25) is 0 Å². The maximum absolute atomic E-state index is 11.9. The van der Waals surface area contributed by atoms with Gasteiger partial charge in [-0.2, -0.15) is 0 Å². The van der Waals surface area contributed by atoms with Crippen molar-refractivity contribution in [3.63, 3.8) is 0 Å². The standard InChI is InChI=1S/C17H21N3O4/c21-12-20-10-4-7-14(20)16(23)19-11-15(22)17(24)18-9-8-13-5-2-1-3-6-13/h1-3,5-6,12,14H,4,7-11H2,(H,18,24)(H,19,23). The number of nitrogens with zero attached hydrogens (tertiary/aromatic N) is 1. The Kier molecular flexibility index (Phi) is 6.48. The monoisotopic (exact) mass is 331 g/mol. The molecule has 1 saturated heterocycles. The number of carbonyl (C=O) groups is 4. The highest BCUT2D eigenvalue weighted by Gasteiger charge is 2.29. The number of rotatable bonds is 8. The molecule has 1 aliphatic rings. The molecule has 2 N–H and O–H groups in total. The van der Waals surface area contributed by atoms with E-state index in [-0.39, 0.29) is 6.54 Å². The van der Waals surface area contributed by atoms with Gasteiger partial charge in [0, 0.05) is 13.1 Å². The molecule has 0 radical (unpaired) electrons. The fourth-order valence-electron chi connectivity index (χ4n) is 2.63. The van der Waals surface area contributed by atoms with Crippen molar-refractivity contribution in [1.82, 2.24) is 15.5 Å². The Bertz CT molecular complexity index is 603. The zero-order valence-electron chi connectivity index (χ0n) is 13.4. The molecule has 1 aromatic rings. The minimum absolute atomic E-state index is 0.351. The first-order chi connectivity index (χ1) is 11.6. The van der Waals surface area contributed by atoms with Gasteiger partial charge in [0.1, 0.15) is 6.04 Å². The van der Waals surface area contributed by atoms with Crippen molar-refractivity contribution in [3.05, 3.63) is 35.9 Å². The summed E-state index contributed by atoms with van der Waals surface area (Å²) in [6.07, 6.45) is 2.59. The van der Waals surface area contributed by atoms with Gasteiger partial charge in [-0.15, -0.1) is 0 Å². The molecule has 1 unspecified atom stereocenters. The van der Waals surface area contributed by atoms with Gasteiger partial charge in [0.15, 0.2) is 0 Å². The van der Waals surface area contributed by atoms with Gasteiger partial charge in [-0.25, -0.2) is 0 Å². The van der Waals surface area contributed by atoms with E-state index in [1.54, 1.807) is 0 Å². The number of amides is 3. The van der Waals surface area contributed by atoms with E-state index in [4.69, 9.17) is 0 Å². The fourth-order valence-corrected chi connectivity index (χ4v) is 2.63. The molecule has 0 aromatic heterocycles. The summed E-state index contributed by atoms with van der Waals surface area (Å²) in [6, 6.07) is 9.05. The maximum atomic E-state index is 11.9. The molecule has 0 bridgehead atoms. The van der Waals surface area contributed by atoms with Crippen LogP contribution in [0.25, 0.3) is 0 Å². The smallest absolute Gasteiger partial charge is 0.289 e. The van der Waals surface area contributed by atoms with Gasteiger partial charge in [-0.3, -0.25) is 19.2 Å². The van der Waals surface area contributed by atoms with E-state index in [2.05, 4.69) is 10.6 Å². The summed E-state index contributed by atoms with van der Waals surface area (Å²) in [4.78, 5) is 47.6. The van der Waals surface area contributed by atoms with Crippen molar-refractivity contribution in [2.75, 3.05) is 19.6 Å². The summed E-state index contributed by atoms with van der Waals surface area (Å²) < 4.78 is 0. The topological polar surface area (TPSA) is 95.6 Å². The number of hydrogen-bond acceptors (Lipinski definition) is 4. The van der Waals surface area contributed by atoms with Crippen LogP contribution in [0, 0.1) is 0 Å². The van der Waals surface area contributed by atoms with Crippen LogP contribution >= 0.6 is 0 Å². The Labute approximate surface area is 140 Å². The molecule has 7 heteroatoms. The number of hydrogen-bond donors (Lipinski definition) is 2. The van der Waals surface area contributed by atoms with E-state index in [0.717, 1.165) is 12.0 Å². The van der Waals surface area contributed by atoms with Gasteiger partial charge in [-0.05, 0) is 24.8 Å². The summed E-state index contributed by atoms with van der Waals surface area (Å²) >= 11 is 0. The van der Waals surface area contributed by atoms with Gasteiger partial charge >= 0.3 is 0 Å². The normalized spacial score (nSPS) is 16.5. The number of Topliss-reactive ketones (excluding diaryl/α,β-unsaturated/α-hetero) is 1. The Morgan fingerprint density at radius 3 is 2.62 bits per heavy atom. The van der Waals surface area contributed by atoms with Gasteiger partial charge in [-0.1, -0.05) is 30.3 Å². The van der Waals surface area contributed by atoms with Gasteiger partial charge in [0.05, 0.1) is 6.54 Å². The van der Waals surface area contributed by atoms with Crippen LogP contribution in [0.3, 0.4) is 0 Å². The van der Waals surface area contributed by atoms with E-state index >= 15 is 0 Å². The Morgan fingerprint density at radius 1 is 1.17 bits per heavy atom. The fraction of sp³-hybridized carbons (Fsp3) is 0.412. The molecule has 0 aliphatic carbocycles. The van der Waals surface area contributed by atoms with Crippen LogP contribution in [-0.2, 0) is 25.6 Å². The number of likely N-dealkylation sites (tertiary alicyclic amines) is 1. The lowest BCUT2D eigenvalue weighted by Gasteiger charge is -2.18. The second-order valence-corrected chi connectivity index (χ2v) is 5.63. The highest BCUT2D eigenvalue weighted by Crippen LogP contribution is 2.14. The SMILES string of the molecule is O=CN1CCCC1C(=O)NCC(=O)C(=O)NCCc1ccccc1. The zero-order chi connectivity index (χ0) is 17.4. The number of benzene rings is 1. The third-order valence-corrected chi connectivity index (χ3v) is 3.95. The second-order valence-electron chi connectivity index (χ2n) is 5.63. The Morgan fingerprint density at radius 2 is 1.92 bits per heavy atom. The molecule has 1 fully saturated rings. The molecule has 0 spiro atoms. The lowest BCUT2D eigenvalue weighted by molar-refractivity contribution is -0.138. The summed E-state index contributed by atoms with van der Waals surface area (Å²) in [7, 11) is 0. The molecule has 7 nitrogen and oxygen atoms in total. The van der Waals surface area contributed by atoms with Crippen molar-refractivity contribution < 1.29 is 19.2 Å². The van der Waals surface area contributed by atoms with Crippen molar-refractivity contribution in [2.45, 2.75) is 25.3 Å². The molecular weight excluding hydrogens is 310 g/mol. The highest BCUT2D eigenvalue weighted by molar-refractivity contribution is 6.37. The first kappa shape index (κ1) is 17.7. The predicted molar refractivity (Wildman–Crippen MR) is 87.0 cm³/mol. The molecule has 24 heavy (non-hydrogen) atoms. The Hall–Kier alpha value is -2.70. The molecule has 1 heterocycles. The van der Waals surface area contributed by atoms with Crippen LogP contribution in [0.5, 0.6) is 0 Å². The first-order valence-corrected chi connectivity index (χ1v) is 7.95. The summed E-state index contributed by atoms with van der Waals surface area (Å²) in [5, 5.41) is 4.97. The average molecular weight is 331 g/mol. The molecular formula is C17H21N3O4. The highest BCUT2D eigenvalue weighted by atomic mass is 16.2. The minimum Gasteiger partial charge on any atom is -0.349 e. The van der Waals surface area contributed by atoms with Crippen molar-refractivity contribution in [1.29, 1.82) is 0 Å². The van der Waals surface area contributed by atoms with Crippen LogP contribution < -0.4 is 10.6 Å². The second kappa shape index (κ2) is 8.81.